The molecule has 438 valence electrons. The van der Waals surface area contributed by atoms with Crippen LogP contribution in [0.2, 0.25) is 0 Å². The number of rotatable bonds is 6. The van der Waals surface area contributed by atoms with Gasteiger partial charge in [-0.3, -0.25) is 0 Å². The summed E-state index contributed by atoms with van der Waals surface area (Å²) in [5.41, 5.74) is 27.7. The molecule has 14 rings (SSSR count). The van der Waals surface area contributed by atoms with Crippen molar-refractivity contribution < 1.29 is 0 Å². The van der Waals surface area contributed by atoms with Gasteiger partial charge < -0.3 is 9.80 Å². The predicted molar refractivity (Wildman–Crippen MR) is 367 cm³/mol. The zero-order valence-electron chi connectivity index (χ0n) is 54.3. The van der Waals surface area contributed by atoms with Crippen molar-refractivity contribution in [2.75, 3.05) is 9.80 Å². The van der Waals surface area contributed by atoms with Gasteiger partial charge in [-0.1, -0.05) is 197 Å². The highest BCUT2D eigenvalue weighted by Gasteiger charge is 2.50. The van der Waals surface area contributed by atoms with Gasteiger partial charge in [0, 0.05) is 43.2 Å². The number of anilines is 6. The molecular weight excluding hydrogens is 1030 g/mol. The highest BCUT2D eigenvalue weighted by molar-refractivity contribution is 7.33. The molecule has 0 amide bonds. The van der Waals surface area contributed by atoms with Crippen molar-refractivity contribution in [3.63, 3.8) is 0 Å². The summed E-state index contributed by atoms with van der Waals surface area (Å²) >= 11 is 2.11. The first-order chi connectivity index (χ1) is 39.9. The van der Waals surface area contributed by atoms with Crippen LogP contribution in [0.15, 0.2) is 97.1 Å². The topological polar surface area (TPSA) is 6.48 Å². The lowest BCUT2D eigenvalue weighted by Crippen LogP contribution is -2.61. The van der Waals surface area contributed by atoms with Crippen LogP contribution < -0.4 is 25.5 Å². The molecule has 84 heavy (non-hydrogen) atoms. The summed E-state index contributed by atoms with van der Waals surface area (Å²) in [6.45, 7) is 35.0. The molecular formula is C80H99BN2S. The molecule has 0 N–H and O–H groups in total. The molecule has 0 radical (unpaired) electrons. The lowest BCUT2D eigenvalue weighted by atomic mass is 9.35. The Bertz CT molecular complexity index is 3680. The van der Waals surface area contributed by atoms with Gasteiger partial charge in [0.15, 0.2) is 0 Å². The maximum Gasteiger partial charge on any atom is 0.264 e. The first-order valence-electron chi connectivity index (χ1n) is 33.9. The average molecular weight is 1130 g/mol. The van der Waals surface area contributed by atoms with E-state index >= 15 is 0 Å². The second kappa shape index (κ2) is 20.3. The number of nitrogens with zero attached hydrogens (tertiary/aromatic N) is 2. The Hall–Kier alpha value is -5.06. The van der Waals surface area contributed by atoms with E-state index in [1.165, 1.54) is 226 Å². The predicted octanol–water partition coefficient (Wildman–Crippen LogP) is 22.1. The quantitative estimate of drug-likeness (QED) is 0.153. The van der Waals surface area contributed by atoms with Gasteiger partial charge in [0.25, 0.3) is 6.71 Å². The van der Waals surface area contributed by atoms with Gasteiger partial charge in [-0.2, -0.15) is 0 Å². The zero-order valence-corrected chi connectivity index (χ0v) is 55.1. The van der Waals surface area contributed by atoms with Crippen LogP contribution in [0.4, 0.5) is 34.1 Å². The fourth-order valence-corrected chi connectivity index (χ4v) is 18.8. The summed E-state index contributed by atoms with van der Waals surface area (Å²) < 4.78 is 2.96. The minimum absolute atomic E-state index is 0.0113. The molecule has 7 aliphatic rings. The standard InChI is InChI=1S/C80H99BN2S/c1-75(2,3)57-40-56(41-58(45-57)76(4,5)6)60-46-62-64(79(11,12)38-36-77(62,7)8)48-67(60)83-68-49-65-63(78(9,10)37-39-80(65,13)14)47-66(68)81-72-69(43-55(44-70(72)83)52-28-22-17-23-29-52)82(59-33-30-53(31-34-59)50-24-18-15-19-25-50)73-61-42-54(51-26-20-16-21-27-51)32-35-71(61)84-74(73)81/h30-35,40-52H,15-29,36-39H2,1-14H3. The third-order valence-electron chi connectivity index (χ3n) is 23.2. The smallest absolute Gasteiger partial charge is 0.264 e. The van der Waals surface area contributed by atoms with Gasteiger partial charge in [-0.15, -0.1) is 11.3 Å². The van der Waals surface area contributed by atoms with E-state index in [2.05, 4.69) is 215 Å². The van der Waals surface area contributed by atoms with Crippen molar-refractivity contribution in [1.82, 2.24) is 0 Å². The Balaban J connectivity index is 1.13. The highest BCUT2D eigenvalue weighted by Crippen LogP contribution is 2.57. The molecule has 0 bridgehead atoms. The van der Waals surface area contributed by atoms with E-state index in [1.807, 2.05) is 0 Å². The second-order valence-electron chi connectivity index (χ2n) is 32.9. The van der Waals surface area contributed by atoms with Crippen LogP contribution in [0.25, 0.3) is 21.2 Å². The summed E-state index contributed by atoms with van der Waals surface area (Å²) in [6.07, 6.45) is 24.6. The number of benzene rings is 6. The molecule has 0 atom stereocenters. The number of hydrogen-bond acceptors (Lipinski definition) is 3. The Morgan fingerprint density at radius 2 is 0.881 bits per heavy atom. The molecule has 4 heteroatoms. The summed E-state index contributed by atoms with van der Waals surface area (Å²) in [5, 5.41) is 1.46. The third-order valence-corrected chi connectivity index (χ3v) is 24.5. The maximum atomic E-state index is 2.92. The van der Waals surface area contributed by atoms with Crippen LogP contribution >= 0.6 is 11.3 Å². The van der Waals surface area contributed by atoms with E-state index in [0.29, 0.717) is 17.8 Å². The molecule has 3 fully saturated rings. The van der Waals surface area contributed by atoms with Crippen LogP contribution in [0.5, 0.6) is 0 Å². The van der Waals surface area contributed by atoms with Gasteiger partial charge >= 0.3 is 0 Å². The lowest BCUT2D eigenvalue weighted by molar-refractivity contribution is 0.332. The minimum Gasteiger partial charge on any atom is -0.311 e. The van der Waals surface area contributed by atoms with Gasteiger partial charge in [-0.05, 0) is 236 Å². The molecule has 3 heterocycles. The molecule has 1 aromatic heterocycles. The van der Waals surface area contributed by atoms with Crippen LogP contribution in [0.3, 0.4) is 0 Å². The Morgan fingerprint density at radius 1 is 0.429 bits per heavy atom. The van der Waals surface area contributed by atoms with Crippen LogP contribution in [-0.4, -0.2) is 6.71 Å². The fourth-order valence-electron chi connectivity index (χ4n) is 17.5. The first kappa shape index (κ1) is 56.7. The summed E-state index contributed by atoms with van der Waals surface area (Å²) in [7, 11) is 0. The average Bonchev–Trinajstić information content (AvgIpc) is 1.35. The largest absolute Gasteiger partial charge is 0.311 e. The van der Waals surface area contributed by atoms with Crippen molar-refractivity contribution in [2.45, 2.75) is 269 Å². The second-order valence-corrected chi connectivity index (χ2v) is 34.0. The maximum absolute atomic E-state index is 2.92. The van der Waals surface area contributed by atoms with Crippen molar-refractivity contribution >= 4 is 78.0 Å². The highest BCUT2D eigenvalue weighted by atomic mass is 32.1. The summed E-state index contributed by atoms with van der Waals surface area (Å²) in [6, 6.07) is 42.4. The van der Waals surface area contributed by atoms with E-state index < -0.39 is 0 Å². The molecule has 2 nitrogen and oxygen atoms in total. The summed E-state index contributed by atoms with van der Waals surface area (Å²) in [5.74, 6) is 1.81. The first-order valence-corrected chi connectivity index (χ1v) is 34.7. The van der Waals surface area contributed by atoms with Crippen molar-refractivity contribution in [3.05, 3.63) is 147 Å². The molecule has 0 saturated heterocycles. The zero-order chi connectivity index (χ0) is 58.6. The number of hydrogen-bond donors (Lipinski definition) is 0. The monoisotopic (exact) mass is 1130 g/mol. The molecule has 6 aromatic carbocycles. The van der Waals surface area contributed by atoms with Gasteiger partial charge in [-0.25, -0.2) is 0 Å². The van der Waals surface area contributed by atoms with E-state index in [4.69, 9.17) is 0 Å². The van der Waals surface area contributed by atoms with Crippen LogP contribution in [-0.2, 0) is 32.5 Å². The molecule has 3 saturated carbocycles. The van der Waals surface area contributed by atoms with E-state index in [1.54, 1.807) is 16.7 Å². The van der Waals surface area contributed by atoms with Gasteiger partial charge in [0.1, 0.15) is 0 Å². The van der Waals surface area contributed by atoms with E-state index in [-0.39, 0.29) is 39.2 Å². The third kappa shape index (κ3) is 9.52. The number of fused-ring (bicyclic) bond motifs is 8. The van der Waals surface area contributed by atoms with Gasteiger partial charge in [0.05, 0.1) is 11.4 Å². The molecule has 0 unspecified atom stereocenters. The Kier molecular flexibility index (Phi) is 13.7. The molecule has 2 aliphatic heterocycles. The van der Waals surface area contributed by atoms with E-state index in [0.717, 1.165) is 0 Å². The summed E-state index contributed by atoms with van der Waals surface area (Å²) in [4.78, 5) is 5.77. The van der Waals surface area contributed by atoms with E-state index in [9.17, 15) is 0 Å². The molecule has 5 aliphatic carbocycles. The Labute approximate surface area is 512 Å². The lowest BCUT2D eigenvalue weighted by Gasteiger charge is -2.48. The Morgan fingerprint density at radius 3 is 1.40 bits per heavy atom. The normalized spacial score (nSPS) is 21.2. The van der Waals surface area contributed by atoms with Crippen molar-refractivity contribution in [1.29, 1.82) is 0 Å². The SMILES string of the molecule is CC(C)(C)c1cc(-c2cc3c(cc2N2c4cc5c(cc4B4c6sc7ccc(C8CCCCC8)cc7c6N(c6ccc(C7CCCCC7)cc6)c6cc(C7CCCCC7)cc2c64)C(C)(C)CCC5(C)C)C(C)(C)CCC3(C)C)cc(C(C)(C)C)c1. The van der Waals surface area contributed by atoms with Crippen LogP contribution in [0, 0.1) is 0 Å². The van der Waals surface area contributed by atoms with Crippen LogP contribution in [0.1, 0.15) is 287 Å². The van der Waals surface area contributed by atoms with Crippen molar-refractivity contribution in [3.8, 4) is 11.1 Å². The molecule has 0 spiro atoms. The minimum atomic E-state index is -0.0291. The van der Waals surface area contributed by atoms with Gasteiger partial charge in [0.2, 0.25) is 0 Å². The fraction of sp³-hybridized carbons (Fsp3) is 0.525. The number of thiophene rings is 1. The molecule has 7 aromatic rings. The van der Waals surface area contributed by atoms with Crippen molar-refractivity contribution in [2.24, 2.45) is 0 Å².